The van der Waals surface area contributed by atoms with Crippen LogP contribution in [0.4, 0.5) is 5.82 Å². The summed E-state index contributed by atoms with van der Waals surface area (Å²) in [5.74, 6) is -0.0225. The number of nitrogens with zero attached hydrogens (tertiary/aromatic N) is 2. The number of aliphatic hydroxyl groups is 2. The molecule has 15 heteroatoms. The second kappa shape index (κ2) is 9.14. The van der Waals surface area contributed by atoms with E-state index in [4.69, 9.17) is 20.3 Å². The van der Waals surface area contributed by atoms with E-state index in [2.05, 4.69) is 9.51 Å². The molecule has 0 radical (unpaired) electrons. The van der Waals surface area contributed by atoms with E-state index in [0.29, 0.717) is 0 Å². The molecule has 0 aromatic carbocycles. The Hall–Kier alpha value is -1.45. The summed E-state index contributed by atoms with van der Waals surface area (Å²) < 4.78 is 20.9. The highest BCUT2D eigenvalue weighted by atomic mass is 31.2. The van der Waals surface area contributed by atoms with E-state index < -0.39 is 44.7 Å². The molecule has 1 aromatic heterocycles. The number of hydrogen-bond acceptors (Lipinski definition) is 8. The van der Waals surface area contributed by atoms with Gasteiger partial charge in [0.15, 0.2) is 6.23 Å². The van der Waals surface area contributed by atoms with Crippen LogP contribution in [0.2, 0.25) is 0 Å². The summed E-state index contributed by atoms with van der Waals surface area (Å²) in [5.41, 5.74) is 4.52. The maximum absolute atomic E-state index is 11.6. The minimum atomic E-state index is -4.74. The van der Waals surface area contributed by atoms with Crippen molar-refractivity contribution in [2.75, 3.05) is 12.3 Å². The Morgan fingerprint density at radius 1 is 1.29 bits per heavy atom. The largest absolute Gasteiger partial charge is 0.469 e. The molecule has 0 amide bonds. The van der Waals surface area contributed by atoms with Crippen LogP contribution in [0.5, 0.6) is 0 Å². The van der Waals surface area contributed by atoms with Gasteiger partial charge < -0.3 is 46.9 Å². The lowest BCUT2D eigenvalue weighted by atomic mass is 10.1. The Bertz CT molecular complexity index is 619. The van der Waals surface area contributed by atoms with Crippen LogP contribution in [0.3, 0.4) is 0 Å². The topological polar surface area (TPSA) is 272 Å². The number of nitrogen functional groups attached to an aromatic ring is 1. The molecule has 0 unspecified atom stereocenters. The van der Waals surface area contributed by atoms with Crippen molar-refractivity contribution in [3.8, 4) is 0 Å². The Labute approximate surface area is 134 Å². The van der Waals surface area contributed by atoms with Gasteiger partial charge in [0, 0.05) is 6.20 Å². The van der Waals surface area contributed by atoms with Gasteiger partial charge in [-0.15, -0.1) is 0 Å². The Morgan fingerprint density at radius 2 is 1.88 bits per heavy atom. The van der Waals surface area contributed by atoms with Gasteiger partial charge in [-0.1, -0.05) is 0 Å². The zero-order chi connectivity index (χ0) is 15.8. The van der Waals surface area contributed by atoms with Gasteiger partial charge in [-0.25, -0.2) is 9.36 Å². The number of phosphoric acid groups is 1. The second-order valence-corrected chi connectivity index (χ2v) is 5.61. The highest BCUT2D eigenvalue weighted by Gasteiger charge is 2.44. The molecule has 0 saturated carbocycles. The summed E-state index contributed by atoms with van der Waals surface area (Å²) >= 11 is 0. The van der Waals surface area contributed by atoms with Crippen molar-refractivity contribution in [1.82, 2.24) is 9.55 Å². The third-order valence-electron chi connectivity index (χ3n) is 2.87. The number of anilines is 1. The van der Waals surface area contributed by atoms with Gasteiger partial charge in [-0.2, -0.15) is 4.98 Å². The van der Waals surface area contributed by atoms with Crippen LogP contribution in [-0.4, -0.2) is 70.9 Å². The minimum absolute atomic E-state index is 0. The van der Waals surface area contributed by atoms with E-state index in [1.165, 1.54) is 12.3 Å². The summed E-state index contributed by atoms with van der Waals surface area (Å²) in [6, 6.07) is 1.29. The number of nitrogens with two attached hydrogens (primary N) is 1. The number of phosphoric ester groups is 1. The number of aliphatic hydroxyl groups excluding tert-OH is 2. The van der Waals surface area contributed by atoms with E-state index in [1.807, 2.05) is 0 Å². The van der Waals surface area contributed by atoms with Crippen LogP contribution in [-0.2, 0) is 13.8 Å². The van der Waals surface area contributed by atoms with Gasteiger partial charge in [0.2, 0.25) is 0 Å². The SMILES string of the molecule is Nc1ccn([C@@H]2O[C@H](COP(=O)(O)O)[C@@H](O)[C@H]2O)c(=O)n1.O.O.O. The molecule has 0 bridgehead atoms. The quantitative estimate of drug-likeness (QED) is 0.312. The molecule has 1 saturated heterocycles. The van der Waals surface area contributed by atoms with E-state index in [9.17, 15) is 19.6 Å². The predicted octanol–water partition coefficient (Wildman–Crippen LogP) is -4.92. The third kappa shape index (κ3) is 5.57. The fourth-order valence-electron chi connectivity index (χ4n) is 1.89. The first-order valence-corrected chi connectivity index (χ1v) is 7.28. The van der Waals surface area contributed by atoms with Crippen LogP contribution >= 0.6 is 7.82 Å². The standard InChI is InChI=1S/C9H14N3O8P.3H2O/c10-5-1-2-12(9(15)11-5)8-7(14)6(13)4(20-8)3-19-21(16,17)18;;;/h1-2,4,6-8,13-14H,3H2,(H2,10,11,15)(H2,16,17,18);3*1H2/t4-,6-,7-,8-;;;/m1.../s1. The van der Waals surface area contributed by atoms with Gasteiger partial charge in [-0.3, -0.25) is 9.09 Å². The molecule has 12 N–H and O–H groups in total. The lowest BCUT2D eigenvalue weighted by Crippen LogP contribution is -2.36. The third-order valence-corrected chi connectivity index (χ3v) is 3.36. The Kier molecular flexibility index (Phi) is 9.45. The number of rotatable bonds is 4. The van der Waals surface area contributed by atoms with Gasteiger partial charge in [0.05, 0.1) is 6.61 Å². The van der Waals surface area contributed by atoms with Crippen LogP contribution in [0.15, 0.2) is 17.1 Å². The predicted molar refractivity (Wildman–Crippen MR) is 77.7 cm³/mol. The molecule has 1 aliphatic rings. The summed E-state index contributed by atoms with van der Waals surface area (Å²) in [6.45, 7) is -0.657. The van der Waals surface area contributed by atoms with E-state index in [-0.39, 0.29) is 22.2 Å². The zero-order valence-electron chi connectivity index (χ0n) is 12.0. The normalized spacial score (nSPS) is 26.0. The first kappa shape index (κ1) is 24.8. The van der Waals surface area contributed by atoms with Crippen molar-refractivity contribution < 1.29 is 50.3 Å². The van der Waals surface area contributed by atoms with Crippen LogP contribution < -0.4 is 11.4 Å². The number of ether oxygens (including phenoxy) is 1. The van der Waals surface area contributed by atoms with Gasteiger partial charge in [0.25, 0.3) is 0 Å². The fourth-order valence-corrected chi connectivity index (χ4v) is 2.23. The average Bonchev–Trinajstić information content (AvgIpc) is 2.64. The molecule has 4 atom stereocenters. The molecular weight excluding hydrogens is 357 g/mol. The summed E-state index contributed by atoms with van der Waals surface area (Å²) in [4.78, 5) is 32.3. The van der Waals surface area contributed by atoms with Crippen LogP contribution in [0.25, 0.3) is 0 Å². The van der Waals surface area contributed by atoms with Crippen molar-refractivity contribution in [1.29, 1.82) is 0 Å². The van der Waals surface area contributed by atoms with Crippen molar-refractivity contribution in [3.63, 3.8) is 0 Å². The van der Waals surface area contributed by atoms with Gasteiger partial charge in [0.1, 0.15) is 24.1 Å². The van der Waals surface area contributed by atoms with E-state index in [0.717, 1.165) is 4.57 Å². The summed E-state index contributed by atoms with van der Waals surface area (Å²) in [5, 5.41) is 19.6. The Morgan fingerprint density at radius 3 is 2.38 bits per heavy atom. The molecule has 1 aromatic rings. The molecular formula is C9H20N3O11P. The molecule has 1 fully saturated rings. The number of hydrogen-bond donors (Lipinski definition) is 5. The maximum Gasteiger partial charge on any atom is 0.469 e. The number of aromatic nitrogens is 2. The van der Waals surface area contributed by atoms with Gasteiger partial charge >= 0.3 is 13.5 Å². The Balaban J connectivity index is 0. The average molecular weight is 377 g/mol. The first-order valence-electron chi connectivity index (χ1n) is 5.75. The fraction of sp³-hybridized carbons (Fsp3) is 0.556. The van der Waals surface area contributed by atoms with Crippen LogP contribution in [0, 0.1) is 0 Å². The molecule has 2 heterocycles. The first-order chi connectivity index (χ1) is 9.69. The van der Waals surface area contributed by atoms with Crippen molar-refractivity contribution >= 4 is 13.6 Å². The van der Waals surface area contributed by atoms with Crippen LogP contribution in [0.1, 0.15) is 6.23 Å². The van der Waals surface area contributed by atoms with Crippen molar-refractivity contribution in [2.24, 2.45) is 0 Å². The lowest BCUT2D eigenvalue weighted by Gasteiger charge is -2.16. The molecule has 0 aliphatic carbocycles. The minimum Gasteiger partial charge on any atom is -0.412 e. The zero-order valence-corrected chi connectivity index (χ0v) is 12.9. The lowest BCUT2D eigenvalue weighted by molar-refractivity contribution is -0.0542. The molecule has 1 aliphatic heterocycles. The van der Waals surface area contributed by atoms with E-state index in [1.54, 1.807) is 0 Å². The molecule has 0 spiro atoms. The second-order valence-electron chi connectivity index (χ2n) is 4.37. The highest BCUT2D eigenvalue weighted by Crippen LogP contribution is 2.38. The monoisotopic (exact) mass is 377 g/mol. The highest BCUT2D eigenvalue weighted by molar-refractivity contribution is 7.46. The summed E-state index contributed by atoms with van der Waals surface area (Å²) in [7, 11) is -4.74. The summed E-state index contributed by atoms with van der Waals surface area (Å²) in [6.07, 6.45) is -4.27. The molecule has 24 heavy (non-hydrogen) atoms. The molecule has 2 rings (SSSR count). The van der Waals surface area contributed by atoms with Gasteiger partial charge in [-0.05, 0) is 6.07 Å². The smallest absolute Gasteiger partial charge is 0.412 e. The maximum atomic E-state index is 11.6. The molecule has 142 valence electrons. The van der Waals surface area contributed by atoms with Crippen molar-refractivity contribution in [2.45, 2.75) is 24.5 Å². The van der Waals surface area contributed by atoms with E-state index >= 15 is 0 Å². The molecule has 14 nitrogen and oxygen atoms in total. The van der Waals surface area contributed by atoms with Crippen molar-refractivity contribution in [3.05, 3.63) is 22.7 Å².